The molecule has 8 heteroatoms. The van der Waals surface area contributed by atoms with Crippen LogP contribution < -0.4 is 0 Å². The van der Waals surface area contributed by atoms with Crippen LogP contribution in [0.3, 0.4) is 0 Å². The Hall–Kier alpha value is -1.18. The van der Waals surface area contributed by atoms with Gasteiger partial charge >= 0.3 is 5.97 Å². The van der Waals surface area contributed by atoms with Crippen LogP contribution in [0.2, 0.25) is 5.02 Å². The van der Waals surface area contributed by atoms with Gasteiger partial charge in [-0.15, -0.1) is 0 Å². The molecule has 0 aromatic heterocycles. The SMILES string of the molecule is O=C(O)[C@@]12CCC[C@H]1CN(S(=O)(=O)c1cc(F)ccc1Cl)C2. The Morgan fingerprint density at radius 1 is 1.45 bits per heavy atom. The highest BCUT2D eigenvalue weighted by atomic mass is 35.5. The Balaban J connectivity index is 1.98. The van der Waals surface area contributed by atoms with Gasteiger partial charge in [-0.25, -0.2) is 12.8 Å². The lowest BCUT2D eigenvalue weighted by molar-refractivity contribution is -0.149. The molecule has 1 aliphatic heterocycles. The molecule has 3 rings (SSSR count). The van der Waals surface area contributed by atoms with Crippen molar-refractivity contribution in [3.63, 3.8) is 0 Å². The molecule has 5 nitrogen and oxygen atoms in total. The van der Waals surface area contributed by atoms with E-state index in [-0.39, 0.29) is 28.9 Å². The van der Waals surface area contributed by atoms with Crippen LogP contribution in [0, 0.1) is 17.2 Å². The highest BCUT2D eigenvalue weighted by molar-refractivity contribution is 7.89. The molecule has 2 atom stereocenters. The first-order chi connectivity index (χ1) is 10.3. The van der Waals surface area contributed by atoms with Crippen molar-refractivity contribution in [2.75, 3.05) is 13.1 Å². The van der Waals surface area contributed by atoms with Gasteiger partial charge in [0.25, 0.3) is 0 Å². The summed E-state index contributed by atoms with van der Waals surface area (Å²) < 4.78 is 39.9. The van der Waals surface area contributed by atoms with Gasteiger partial charge in [0, 0.05) is 13.1 Å². The lowest BCUT2D eigenvalue weighted by Gasteiger charge is -2.23. The lowest BCUT2D eigenvalue weighted by Crippen LogP contribution is -2.37. The normalized spacial score (nSPS) is 28.7. The number of halogens is 2. The summed E-state index contributed by atoms with van der Waals surface area (Å²) >= 11 is 5.89. The third-order valence-corrected chi connectivity index (χ3v) is 7.07. The number of aliphatic carboxylic acids is 1. The van der Waals surface area contributed by atoms with Crippen LogP contribution in [0.4, 0.5) is 4.39 Å². The summed E-state index contributed by atoms with van der Waals surface area (Å²) in [7, 11) is -4.01. The fourth-order valence-electron chi connectivity index (χ4n) is 3.59. The van der Waals surface area contributed by atoms with Crippen molar-refractivity contribution in [2.45, 2.75) is 24.2 Å². The molecule has 0 bridgehead atoms. The second-order valence-electron chi connectivity index (χ2n) is 5.92. The zero-order chi connectivity index (χ0) is 16.1. The molecular weight excluding hydrogens is 333 g/mol. The first-order valence-corrected chi connectivity index (χ1v) is 8.78. The molecule has 2 fully saturated rings. The maximum Gasteiger partial charge on any atom is 0.311 e. The van der Waals surface area contributed by atoms with Gasteiger partial charge in [0.15, 0.2) is 0 Å². The molecule has 1 aromatic carbocycles. The van der Waals surface area contributed by atoms with Crippen LogP contribution in [0.1, 0.15) is 19.3 Å². The molecule has 1 N–H and O–H groups in total. The highest BCUT2D eigenvalue weighted by Gasteiger charge is 2.57. The summed E-state index contributed by atoms with van der Waals surface area (Å²) in [6, 6.07) is 3.14. The van der Waals surface area contributed by atoms with Gasteiger partial charge in [-0.1, -0.05) is 18.0 Å². The van der Waals surface area contributed by atoms with E-state index in [2.05, 4.69) is 0 Å². The van der Waals surface area contributed by atoms with Crippen molar-refractivity contribution in [1.29, 1.82) is 0 Å². The Labute approximate surface area is 132 Å². The van der Waals surface area contributed by atoms with E-state index in [1.807, 2.05) is 0 Å². The number of carboxylic acid groups (broad SMARTS) is 1. The molecule has 1 saturated carbocycles. The third-order valence-electron chi connectivity index (χ3n) is 4.78. The topological polar surface area (TPSA) is 74.7 Å². The summed E-state index contributed by atoms with van der Waals surface area (Å²) in [4.78, 5) is 11.3. The molecular formula is C14H15ClFNO4S. The van der Waals surface area contributed by atoms with E-state index in [0.717, 1.165) is 22.9 Å². The Bertz CT molecular complexity index is 738. The minimum absolute atomic E-state index is 0.0668. The van der Waals surface area contributed by atoms with Gasteiger partial charge in [-0.05, 0) is 37.0 Å². The molecule has 22 heavy (non-hydrogen) atoms. The average molecular weight is 348 g/mol. The number of sulfonamides is 1. The Morgan fingerprint density at radius 2 is 2.18 bits per heavy atom. The number of hydrogen-bond donors (Lipinski definition) is 1. The summed E-state index contributed by atoms with van der Waals surface area (Å²) in [5, 5.41) is 9.45. The molecule has 1 aliphatic carbocycles. The molecule has 0 unspecified atom stereocenters. The van der Waals surface area contributed by atoms with Gasteiger partial charge < -0.3 is 5.11 Å². The number of rotatable bonds is 3. The summed E-state index contributed by atoms with van der Waals surface area (Å²) in [5.41, 5.74) is -1.02. The Morgan fingerprint density at radius 3 is 2.82 bits per heavy atom. The summed E-state index contributed by atoms with van der Waals surface area (Å²) in [6.45, 7) is 0.0592. The standard InChI is InChI=1S/C14H15ClFNO4S/c15-11-4-3-10(16)6-12(11)22(20,21)17-7-9-2-1-5-14(9,8-17)13(18)19/h3-4,6,9H,1-2,5,7-8H2,(H,18,19)/t9-,14+/m0/s1. The first kappa shape index (κ1) is 15.7. The zero-order valence-corrected chi connectivity index (χ0v) is 13.2. The fourth-order valence-corrected chi connectivity index (χ4v) is 5.63. The number of fused-ring (bicyclic) bond motifs is 1. The number of nitrogens with zero attached hydrogens (tertiary/aromatic N) is 1. The molecule has 0 amide bonds. The average Bonchev–Trinajstić information content (AvgIpc) is 2.99. The van der Waals surface area contributed by atoms with Crippen LogP contribution in [-0.4, -0.2) is 36.9 Å². The second kappa shape index (κ2) is 5.18. The zero-order valence-electron chi connectivity index (χ0n) is 11.6. The van der Waals surface area contributed by atoms with E-state index >= 15 is 0 Å². The molecule has 120 valence electrons. The number of carbonyl (C=O) groups is 1. The molecule has 2 aliphatic rings. The van der Waals surface area contributed by atoms with Gasteiger partial charge in [0.05, 0.1) is 10.4 Å². The minimum Gasteiger partial charge on any atom is -0.481 e. The van der Waals surface area contributed by atoms with Crippen molar-refractivity contribution < 1.29 is 22.7 Å². The number of benzene rings is 1. The monoisotopic (exact) mass is 347 g/mol. The van der Waals surface area contributed by atoms with Crippen LogP contribution in [0.15, 0.2) is 23.1 Å². The fraction of sp³-hybridized carbons (Fsp3) is 0.500. The second-order valence-corrected chi connectivity index (χ2v) is 8.24. The summed E-state index contributed by atoms with van der Waals surface area (Å²) in [6.07, 6.45) is 1.94. The van der Waals surface area contributed by atoms with Crippen LogP contribution in [0.25, 0.3) is 0 Å². The van der Waals surface area contributed by atoms with Crippen LogP contribution >= 0.6 is 11.6 Å². The Kier molecular flexibility index (Phi) is 3.70. The van der Waals surface area contributed by atoms with Crippen molar-refractivity contribution in [3.8, 4) is 0 Å². The predicted octanol–water partition coefficient (Wildman–Crippen LogP) is 2.35. The molecule has 1 saturated heterocycles. The first-order valence-electron chi connectivity index (χ1n) is 6.96. The van der Waals surface area contributed by atoms with Crippen LogP contribution in [-0.2, 0) is 14.8 Å². The smallest absolute Gasteiger partial charge is 0.311 e. The van der Waals surface area contributed by atoms with Crippen LogP contribution in [0.5, 0.6) is 0 Å². The molecule has 1 heterocycles. The predicted molar refractivity (Wildman–Crippen MR) is 77.6 cm³/mol. The van der Waals surface area contributed by atoms with Crippen molar-refractivity contribution in [3.05, 3.63) is 29.0 Å². The maximum absolute atomic E-state index is 13.4. The van der Waals surface area contributed by atoms with E-state index < -0.39 is 27.2 Å². The van der Waals surface area contributed by atoms with Crippen molar-refractivity contribution >= 4 is 27.6 Å². The molecule has 0 spiro atoms. The van der Waals surface area contributed by atoms with E-state index in [9.17, 15) is 22.7 Å². The molecule has 0 radical (unpaired) electrons. The van der Waals surface area contributed by atoms with E-state index in [1.54, 1.807) is 0 Å². The van der Waals surface area contributed by atoms with Gasteiger partial charge in [-0.3, -0.25) is 4.79 Å². The quantitative estimate of drug-likeness (QED) is 0.910. The van der Waals surface area contributed by atoms with Gasteiger partial charge in [-0.2, -0.15) is 4.31 Å². The third kappa shape index (κ3) is 2.23. The molecule has 1 aromatic rings. The number of hydrogen-bond acceptors (Lipinski definition) is 3. The largest absolute Gasteiger partial charge is 0.481 e. The highest BCUT2D eigenvalue weighted by Crippen LogP contribution is 2.50. The van der Waals surface area contributed by atoms with Gasteiger partial charge in [0.1, 0.15) is 10.7 Å². The lowest BCUT2D eigenvalue weighted by atomic mass is 9.81. The van der Waals surface area contributed by atoms with E-state index in [1.165, 1.54) is 6.07 Å². The maximum atomic E-state index is 13.4. The van der Waals surface area contributed by atoms with Crippen molar-refractivity contribution in [1.82, 2.24) is 4.31 Å². The van der Waals surface area contributed by atoms with E-state index in [4.69, 9.17) is 11.6 Å². The minimum atomic E-state index is -4.01. The van der Waals surface area contributed by atoms with Gasteiger partial charge in [0.2, 0.25) is 10.0 Å². The van der Waals surface area contributed by atoms with Crippen molar-refractivity contribution in [2.24, 2.45) is 11.3 Å². The number of carboxylic acids is 1. The van der Waals surface area contributed by atoms with E-state index in [0.29, 0.717) is 12.8 Å². The summed E-state index contributed by atoms with van der Waals surface area (Å²) in [5.74, 6) is -1.86.